The third kappa shape index (κ3) is 4.89. The van der Waals surface area contributed by atoms with Gasteiger partial charge in [0.15, 0.2) is 0 Å². The quantitative estimate of drug-likeness (QED) is 0.314. The van der Waals surface area contributed by atoms with Crippen LogP contribution in [-0.4, -0.2) is 3.92 Å². The first kappa shape index (κ1) is 21.2. The maximum Gasteiger partial charge on any atom is 0.0461 e. The summed E-state index contributed by atoms with van der Waals surface area (Å²) in [5.74, 6) is 0. The van der Waals surface area contributed by atoms with Crippen LogP contribution in [0, 0.1) is 0 Å². The average Bonchev–Trinajstić information content (AvgIpc) is 2.63. The van der Waals surface area contributed by atoms with Crippen LogP contribution < -0.4 is 4.90 Å². The third-order valence-electron chi connectivity index (χ3n) is 5.27. The molecule has 2 aromatic rings. The molecule has 0 spiro atoms. The van der Waals surface area contributed by atoms with Gasteiger partial charge < -0.3 is 4.90 Å². The molecule has 0 heterocycles. The van der Waals surface area contributed by atoms with Crippen LogP contribution in [0.15, 0.2) is 72.5 Å². The Kier molecular flexibility index (Phi) is 6.09. The molecule has 0 saturated carbocycles. The van der Waals surface area contributed by atoms with Crippen molar-refractivity contribution in [3.8, 4) is 0 Å². The first-order valence-electron chi connectivity index (χ1n) is 10.1. The molecule has 0 amide bonds. The number of rotatable bonds is 3. The van der Waals surface area contributed by atoms with Gasteiger partial charge in [-0.05, 0) is 58.7 Å². The van der Waals surface area contributed by atoms with Crippen molar-refractivity contribution in [2.45, 2.75) is 62.7 Å². The normalized spacial score (nSPS) is 17.4. The van der Waals surface area contributed by atoms with Crippen molar-refractivity contribution < 1.29 is 0 Å². The van der Waals surface area contributed by atoms with E-state index in [2.05, 4.69) is 136 Å². The maximum atomic E-state index is 2.50. The smallest absolute Gasteiger partial charge is 0.0461 e. The third-order valence-corrected chi connectivity index (χ3v) is 6.19. The summed E-state index contributed by atoms with van der Waals surface area (Å²) in [6.07, 6.45) is 7.99. The van der Waals surface area contributed by atoms with Crippen molar-refractivity contribution in [1.82, 2.24) is 0 Å². The fraction of sp³-hybridized carbons (Fsp3) is 0.385. The summed E-state index contributed by atoms with van der Waals surface area (Å²) in [6, 6.07) is 18.1. The monoisotopic (exact) mass is 485 g/mol. The fourth-order valence-electron chi connectivity index (χ4n) is 3.42. The molecule has 1 atom stereocenters. The largest absolute Gasteiger partial charge is 0.311 e. The number of allylic oxidation sites excluding steroid dienone is 3. The fourth-order valence-corrected chi connectivity index (χ4v) is 3.88. The molecule has 1 aliphatic carbocycles. The summed E-state index contributed by atoms with van der Waals surface area (Å²) < 4.78 is 0.578. The molecule has 0 saturated heterocycles. The molecule has 0 bridgehead atoms. The van der Waals surface area contributed by atoms with Gasteiger partial charge in [0.1, 0.15) is 0 Å². The Morgan fingerprint density at radius 1 is 0.750 bits per heavy atom. The molecule has 0 unspecified atom stereocenters. The number of alkyl halides is 1. The molecule has 2 aromatic carbocycles. The molecule has 1 aliphatic rings. The van der Waals surface area contributed by atoms with Gasteiger partial charge in [0, 0.05) is 21.0 Å². The lowest BCUT2D eigenvalue weighted by Gasteiger charge is -2.30. The number of anilines is 2. The summed E-state index contributed by atoms with van der Waals surface area (Å²) in [7, 11) is 0. The Bertz CT molecular complexity index is 801. The highest BCUT2D eigenvalue weighted by Gasteiger charge is 2.19. The number of nitrogens with zero attached hydrogens (tertiary/aromatic N) is 1. The summed E-state index contributed by atoms with van der Waals surface area (Å²) >= 11 is 2.50. The van der Waals surface area contributed by atoms with Crippen LogP contribution in [0.2, 0.25) is 0 Å². The molecule has 148 valence electrons. The van der Waals surface area contributed by atoms with Crippen molar-refractivity contribution in [3.63, 3.8) is 0 Å². The Balaban J connectivity index is 2.02. The van der Waals surface area contributed by atoms with Gasteiger partial charge in [-0.3, -0.25) is 0 Å². The Morgan fingerprint density at radius 2 is 1.18 bits per heavy atom. The van der Waals surface area contributed by atoms with Gasteiger partial charge in [0.25, 0.3) is 0 Å². The topological polar surface area (TPSA) is 3.24 Å². The zero-order valence-electron chi connectivity index (χ0n) is 18.0. The number of hydrogen-bond donors (Lipinski definition) is 0. The van der Waals surface area contributed by atoms with E-state index in [9.17, 15) is 0 Å². The second kappa shape index (κ2) is 8.06. The number of hydrogen-bond acceptors (Lipinski definition) is 1. The first-order chi connectivity index (χ1) is 13.1. The summed E-state index contributed by atoms with van der Waals surface area (Å²) in [6.45, 7) is 13.6. The molecular formula is C26H32IN. The van der Waals surface area contributed by atoms with E-state index in [0.717, 1.165) is 6.42 Å². The molecule has 0 N–H and O–H groups in total. The zero-order valence-corrected chi connectivity index (χ0v) is 20.1. The Labute approximate surface area is 184 Å². The van der Waals surface area contributed by atoms with Gasteiger partial charge in [-0.15, -0.1) is 0 Å². The summed E-state index contributed by atoms with van der Waals surface area (Å²) in [4.78, 5) is 2.37. The lowest BCUT2D eigenvalue weighted by molar-refractivity contribution is 0.590. The zero-order chi connectivity index (χ0) is 20.5. The average molecular weight is 485 g/mol. The highest BCUT2D eigenvalue weighted by atomic mass is 127. The molecule has 0 aliphatic heterocycles. The van der Waals surface area contributed by atoms with E-state index in [1.54, 1.807) is 0 Å². The van der Waals surface area contributed by atoms with Crippen LogP contribution in [0.25, 0.3) is 0 Å². The Hall–Kier alpha value is -1.55. The van der Waals surface area contributed by atoms with Crippen molar-refractivity contribution >= 4 is 34.0 Å². The molecule has 3 rings (SSSR count). The van der Waals surface area contributed by atoms with E-state index in [0.29, 0.717) is 3.92 Å². The second-order valence-corrected chi connectivity index (χ2v) is 11.3. The second-order valence-electron chi connectivity index (χ2n) is 9.67. The van der Waals surface area contributed by atoms with Gasteiger partial charge in [0.2, 0.25) is 0 Å². The number of benzene rings is 2. The minimum absolute atomic E-state index is 0.163. The molecule has 0 aromatic heterocycles. The van der Waals surface area contributed by atoms with Crippen LogP contribution in [0.3, 0.4) is 0 Å². The van der Waals surface area contributed by atoms with Crippen LogP contribution in [0.5, 0.6) is 0 Å². The van der Waals surface area contributed by atoms with Crippen LogP contribution in [0.1, 0.15) is 59.1 Å². The standard InChI is InChI=1S/C26H32IN/c1-25(2,3)19-7-13-22(14-8-19)28(24-17-11-21(27)12-18-24)23-15-9-20(10-16-23)26(4,5)6/h7-11,13-18,21H,12H2,1-6H3/t21-/m0/s1. The van der Waals surface area contributed by atoms with E-state index >= 15 is 0 Å². The highest BCUT2D eigenvalue weighted by Crippen LogP contribution is 2.35. The first-order valence-corrected chi connectivity index (χ1v) is 11.3. The molecule has 1 nitrogen and oxygen atoms in total. The van der Waals surface area contributed by atoms with E-state index in [1.165, 1.54) is 28.2 Å². The summed E-state index contributed by atoms with van der Waals surface area (Å²) in [5, 5.41) is 0. The number of halogens is 1. The molecule has 0 radical (unpaired) electrons. The van der Waals surface area contributed by atoms with Gasteiger partial charge in [-0.1, -0.05) is 101 Å². The maximum absolute atomic E-state index is 2.50. The molecule has 0 fully saturated rings. The Morgan fingerprint density at radius 3 is 1.50 bits per heavy atom. The van der Waals surface area contributed by atoms with Crippen LogP contribution in [-0.2, 0) is 10.8 Å². The van der Waals surface area contributed by atoms with E-state index < -0.39 is 0 Å². The van der Waals surface area contributed by atoms with Crippen LogP contribution in [0.4, 0.5) is 11.4 Å². The molecule has 2 heteroatoms. The minimum atomic E-state index is 0.163. The van der Waals surface area contributed by atoms with Crippen molar-refractivity contribution in [2.75, 3.05) is 4.90 Å². The van der Waals surface area contributed by atoms with Crippen molar-refractivity contribution in [3.05, 3.63) is 83.6 Å². The lowest BCUT2D eigenvalue weighted by atomic mass is 9.86. The van der Waals surface area contributed by atoms with Gasteiger partial charge in [-0.2, -0.15) is 0 Å². The van der Waals surface area contributed by atoms with Crippen LogP contribution >= 0.6 is 22.6 Å². The highest BCUT2D eigenvalue weighted by molar-refractivity contribution is 14.1. The SMILES string of the molecule is CC(C)(C)c1ccc(N(C2=CC[C@@H](I)C=C2)c2ccc(C(C)(C)C)cc2)cc1. The molecular weight excluding hydrogens is 453 g/mol. The van der Waals surface area contributed by atoms with E-state index in [1.807, 2.05) is 0 Å². The van der Waals surface area contributed by atoms with Gasteiger partial charge in [-0.25, -0.2) is 0 Å². The van der Waals surface area contributed by atoms with Crippen molar-refractivity contribution in [1.29, 1.82) is 0 Å². The summed E-state index contributed by atoms with van der Waals surface area (Å²) in [5.41, 5.74) is 6.71. The van der Waals surface area contributed by atoms with E-state index in [-0.39, 0.29) is 10.8 Å². The predicted molar refractivity (Wildman–Crippen MR) is 132 cm³/mol. The van der Waals surface area contributed by atoms with Crippen molar-refractivity contribution in [2.24, 2.45) is 0 Å². The molecule has 28 heavy (non-hydrogen) atoms. The van der Waals surface area contributed by atoms with E-state index in [4.69, 9.17) is 0 Å². The predicted octanol–water partition coefficient (Wildman–Crippen LogP) is 8.07. The van der Waals surface area contributed by atoms with Gasteiger partial charge in [0.05, 0.1) is 0 Å². The van der Waals surface area contributed by atoms with Gasteiger partial charge >= 0.3 is 0 Å². The lowest BCUT2D eigenvalue weighted by Crippen LogP contribution is -2.19. The minimum Gasteiger partial charge on any atom is -0.311 e.